The molecule has 0 unspecified atom stereocenters. The van der Waals surface area contributed by atoms with E-state index in [1.165, 1.54) is 0 Å². The Labute approximate surface area is 134 Å². The van der Waals surface area contributed by atoms with Gasteiger partial charge in [-0.3, -0.25) is 0 Å². The zero-order chi connectivity index (χ0) is 16.4. The minimum absolute atomic E-state index is 0.196. The third-order valence-corrected chi connectivity index (χ3v) is 3.44. The second-order valence-electron chi connectivity index (χ2n) is 5.50. The van der Waals surface area contributed by atoms with Crippen LogP contribution in [0.5, 0.6) is 0 Å². The fourth-order valence-corrected chi connectivity index (χ4v) is 2.51. The van der Waals surface area contributed by atoms with Crippen molar-refractivity contribution in [2.45, 2.75) is 13.8 Å². The highest BCUT2D eigenvalue weighted by molar-refractivity contribution is 5.93. The zero-order valence-electron chi connectivity index (χ0n) is 13.1. The number of hydrogen-bond acceptors (Lipinski definition) is 5. The van der Waals surface area contributed by atoms with Crippen LogP contribution in [0, 0.1) is 13.8 Å². The lowest BCUT2D eigenvalue weighted by molar-refractivity contribution is 0.0517. The lowest BCUT2D eigenvalue weighted by Gasteiger charge is -2.02. The molecule has 0 bridgehead atoms. The summed E-state index contributed by atoms with van der Waals surface area (Å²) in [5.74, 6) is 0.126. The third-order valence-electron chi connectivity index (χ3n) is 3.44. The largest absolute Gasteiger partial charge is 0.461 e. The van der Waals surface area contributed by atoms with Crippen molar-refractivity contribution in [1.82, 2.24) is 4.98 Å². The van der Waals surface area contributed by atoms with Crippen molar-refractivity contribution in [3.05, 3.63) is 53.1 Å². The number of nitrogens with two attached hydrogens (primary N) is 1. The van der Waals surface area contributed by atoms with Crippen LogP contribution in [-0.2, 0) is 4.74 Å². The molecule has 23 heavy (non-hydrogen) atoms. The summed E-state index contributed by atoms with van der Waals surface area (Å²) in [6.45, 7) is 4.56. The number of aromatic nitrogens is 1. The summed E-state index contributed by atoms with van der Waals surface area (Å²) in [6.07, 6.45) is 0. The number of esters is 1. The molecule has 0 fully saturated rings. The van der Waals surface area contributed by atoms with Crippen molar-refractivity contribution in [2.75, 3.05) is 13.2 Å². The topological polar surface area (TPSA) is 78.3 Å². The Balaban J connectivity index is 1.97. The van der Waals surface area contributed by atoms with E-state index in [-0.39, 0.29) is 6.61 Å². The molecule has 2 N–H and O–H groups in total. The Morgan fingerprint density at radius 1 is 1.17 bits per heavy atom. The molecule has 5 heteroatoms. The van der Waals surface area contributed by atoms with Gasteiger partial charge in [0.2, 0.25) is 5.89 Å². The summed E-state index contributed by atoms with van der Waals surface area (Å²) in [6, 6.07) is 11.2. The van der Waals surface area contributed by atoms with Gasteiger partial charge in [-0.2, -0.15) is 0 Å². The van der Waals surface area contributed by atoms with Crippen molar-refractivity contribution < 1.29 is 13.9 Å². The molecule has 0 aliphatic carbocycles. The highest BCUT2D eigenvalue weighted by Gasteiger charge is 2.13. The second-order valence-corrected chi connectivity index (χ2v) is 5.50. The molecule has 0 spiro atoms. The Morgan fingerprint density at radius 2 is 1.91 bits per heavy atom. The van der Waals surface area contributed by atoms with E-state index in [0.717, 1.165) is 16.7 Å². The summed E-state index contributed by atoms with van der Waals surface area (Å²) in [4.78, 5) is 16.4. The molecule has 5 nitrogen and oxygen atoms in total. The van der Waals surface area contributed by atoms with Crippen molar-refractivity contribution in [1.29, 1.82) is 0 Å². The van der Waals surface area contributed by atoms with Gasteiger partial charge in [-0.15, -0.1) is 0 Å². The van der Waals surface area contributed by atoms with Gasteiger partial charge in [-0.1, -0.05) is 17.2 Å². The number of fused-ring (bicyclic) bond motifs is 1. The Bertz CT molecular complexity index is 848. The zero-order valence-corrected chi connectivity index (χ0v) is 13.1. The minimum Gasteiger partial charge on any atom is -0.461 e. The number of nitrogens with zero attached hydrogens (tertiary/aromatic N) is 1. The fourth-order valence-electron chi connectivity index (χ4n) is 2.51. The summed E-state index contributed by atoms with van der Waals surface area (Å²) >= 11 is 0. The lowest BCUT2D eigenvalue weighted by atomic mass is 10.1. The van der Waals surface area contributed by atoms with Crippen LogP contribution in [-0.4, -0.2) is 24.1 Å². The van der Waals surface area contributed by atoms with Crippen molar-refractivity contribution in [3.8, 4) is 11.5 Å². The van der Waals surface area contributed by atoms with Crippen LogP contribution in [0.25, 0.3) is 22.6 Å². The summed E-state index contributed by atoms with van der Waals surface area (Å²) < 4.78 is 10.8. The summed E-state index contributed by atoms with van der Waals surface area (Å²) in [5, 5.41) is 0. The second kappa shape index (κ2) is 6.22. The molecular weight excluding hydrogens is 292 g/mol. The molecule has 118 valence electrons. The molecule has 2 aromatic carbocycles. The van der Waals surface area contributed by atoms with E-state index in [4.69, 9.17) is 14.9 Å². The highest BCUT2D eigenvalue weighted by Crippen LogP contribution is 2.26. The maximum absolute atomic E-state index is 11.9. The first-order valence-electron chi connectivity index (χ1n) is 7.43. The van der Waals surface area contributed by atoms with Crippen LogP contribution >= 0.6 is 0 Å². The third kappa shape index (κ3) is 3.24. The lowest BCUT2D eigenvalue weighted by Crippen LogP contribution is -2.13. The molecule has 0 radical (unpaired) electrons. The monoisotopic (exact) mass is 310 g/mol. The van der Waals surface area contributed by atoms with Gasteiger partial charge in [-0.05, 0) is 44.2 Å². The quantitative estimate of drug-likeness (QED) is 0.748. The Morgan fingerprint density at radius 3 is 2.61 bits per heavy atom. The number of aryl methyl sites for hydroxylation is 2. The normalized spacial score (nSPS) is 10.9. The molecule has 0 amide bonds. The van der Waals surface area contributed by atoms with Crippen molar-refractivity contribution in [3.63, 3.8) is 0 Å². The Hall–Kier alpha value is -2.66. The molecule has 0 aliphatic heterocycles. The molecule has 1 aromatic heterocycles. The van der Waals surface area contributed by atoms with Crippen LogP contribution < -0.4 is 5.73 Å². The van der Waals surface area contributed by atoms with Crippen LogP contribution in [0.4, 0.5) is 0 Å². The number of oxazole rings is 1. The van der Waals surface area contributed by atoms with Crippen LogP contribution in [0.3, 0.4) is 0 Å². The number of benzene rings is 2. The number of carbonyl (C=O) groups is 1. The molecule has 3 rings (SSSR count). The van der Waals surface area contributed by atoms with Gasteiger partial charge in [0.15, 0.2) is 5.58 Å². The fraction of sp³-hybridized carbons (Fsp3) is 0.222. The molecule has 1 heterocycles. The number of hydrogen-bond donors (Lipinski definition) is 1. The average molecular weight is 310 g/mol. The first-order chi connectivity index (χ1) is 11.1. The predicted molar refractivity (Wildman–Crippen MR) is 88.3 cm³/mol. The average Bonchev–Trinajstić information content (AvgIpc) is 2.94. The number of carbonyl (C=O) groups excluding carboxylic acids is 1. The van der Waals surface area contributed by atoms with E-state index in [2.05, 4.69) is 11.1 Å². The van der Waals surface area contributed by atoms with Gasteiger partial charge in [0, 0.05) is 12.1 Å². The van der Waals surface area contributed by atoms with Crippen molar-refractivity contribution in [2.24, 2.45) is 5.73 Å². The van der Waals surface area contributed by atoms with Crippen LogP contribution in [0.15, 0.2) is 40.8 Å². The van der Waals surface area contributed by atoms with E-state index in [1.54, 1.807) is 18.2 Å². The smallest absolute Gasteiger partial charge is 0.338 e. The summed E-state index contributed by atoms with van der Waals surface area (Å²) in [7, 11) is 0. The summed E-state index contributed by atoms with van der Waals surface area (Å²) in [5.41, 5.74) is 10.2. The van der Waals surface area contributed by atoms with Gasteiger partial charge >= 0.3 is 5.97 Å². The standard InChI is InChI=1S/C18H18N2O3/c1-11-7-12(2)9-14(8-11)17-20-15-4-3-13(10-16(15)23-17)18(21)22-6-5-19/h3-4,7-10H,5-6,19H2,1-2H3. The Kier molecular flexibility index (Phi) is 4.12. The first-order valence-corrected chi connectivity index (χ1v) is 7.43. The van der Waals surface area contributed by atoms with Gasteiger partial charge in [0.25, 0.3) is 0 Å². The SMILES string of the molecule is Cc1cc(C)cc(-c2nc3ccc(C(=O)OCCN)cc3o2)c1. The number of ether oxygens (including phenoxy) is 1. The van der Waals surface area contributed by atoms with E-state index in [0.29, 0.717) is 29.1 Å². The van der Waals surface area contributed by atoms with Crippen LogP contribution in [0.1, 0.15) is 21.5 Å². The van der Waals surface area contributed by atoms with E-state index < -0.39 is 5.97 Å². The molecular formula is C18H18N2O3. The molecule has 0 atom stereocenters. The number of rotatable bonds is 4. The van der Waals surface area contributed by atoms with E-state index in [9.17, 15) is 4.79 Å². The van der Waals surface area contributed by atoms with Gasteiger partial charge in [0.05, 0.1) is 5.56 Å². The van der Waals surface area contributed by atoms with Gasteiger partial charge < -0.3 is 14.9 Å². The van der Waals surface area contributed by atoms with Gasteiger partial charge in [0.1, 0.15) is 12.1 Å². The maximum atomic E-state index is 11.9. The van der Waals surface area contributed by atoms with E-state index in [1.807, 2.05) is 26.0 Å². The predicted octanol–water partition coefficient (Wildman–Crippen LogP) is 3.23. The molecule has 3 aromatic rings. The van der Waals surface area contributed by atoms with Gasteiger partial charge in [-0.25, -0.2) is 9.78 Å². The van der Waals surface area contributed by atoms with E-state index >= 15 is 0 Å². The minimum atomic E-state index is -0.415. The molecule has 0 aliphatic rings. The molecule has 0 saturated heterocycles. The highest BCUT2D eigenvalue weighted by atomic mass is 16.5. The first kappa shape index (κ1) is 15.2. The maximum Gasteiger partial charge on any atom is 0.338 e. The van der Waals surface area contributed by atoms with Crippen molar-refractivity contribution >= 4 is 17.1 Å². The molecule has 0 saturated carbocycles. The van der Waals surface area contributed by atoms with Crippen LogP contribution in [0.2, 0.25) is 0 Å².